The van der Waals surface area contributed by atoms with Crippen molar-refractivity contribution in [1.29, 1.82) is 0 Å². The first-order valence-corrected chi connectivity index (χ1v) is 11.0. The molecule has 1 N–H and O–H groups in total. The molecule has 4 rings (SSSR count). The van der Waals surface area contributed by atoms with Crippen LogP contribution in [0.25, 0.3) is 0 Å². The number of piperidine rings is 1. The third-order valence-corrected chi connectivity index (χ3v) is 6.77. The molecule has 1 saturated carbocycles. The van der Waals surface area contributed by atoms with Crippen molar-refractivity contribution in [3.8, 4) is 0 Å². The average Bonchev–Trinajstić information content (AvgIpc) is 2.77. The van der Waals surface area contributed by atoms with E-state index in [1.807, 2.05) is 6.07 Å². The summed E-state index contributed by atoms with van der Waals surface area (Å²) in [6.45, 7) is 3.02. The molecule has 3 nitrogen and oxygen atoms in total. The molecule has 1 saturated heterocycles. The normalized spacial score (nSPS) is 24.9. The number of benzene rings is 2. The van der Waals surface area contributed by atoms with Crippen LogP contribution in [0.4, 0.5) is 10.1 Å². The highest BCUT2D eigenvalue weighted by atomic mass is 35.5. The summed E-state index contributed by atoms with van der Waals surface area (Å²) in [7, 11) is 0. The van der Waals surface area contributed by atoms with Crippen LogP contribution in [0.3, 0.4) is 0 Å². The minimum Gasteiger partial charge on any atom is -0.382 e. The summed E-state index contributed by atoms with van der Waals surface area (Å²) in [5.74, 6) is 0.397. The van der Waals surface area contributed by atoms with Crippen molar-refractivity contribution in [2.24, 2.45) is 5.92 Å². The third kappa shape index (κ3) is 4.87. The van der Waals surface area contributed by atoms with Crippen LogP contribution in [0.2, 0.25) is 0 Å². The predicted octanol–water partition coefficient (Wildman–Crippen LogP) is 5.95. The molecule has 0 spiro atoms. The van der Waals surface area contributed by atoms with Crippen LogP contribution in [-0.2, 0) is 0 Å². The number of Topliss-reactive ketones (excluding diaryl/α,β-unsaturated/α-hetero) is 1. The van der Waals surface area contributed by atoms with E-state index in [1.165, 1.54) is 37.1 Å². The summed E-state index contributed by atoms with van der Waals surface area (Å²) < 4.78 is 13.3. The van der Waals surface area contributed by atoms with Gasteiger partial charge in [0.25, 0.3) is 0 Å². The number of likely N-dealkylation sites (tertiary alicyclic amines) is 1. The summed E-state index contributed by atoms with van der Waals surface area (Å²) >= 11 is 0. The number of nitrogens with one attached hydrogen (secondary N) is 1. The predicted molar refractivity (Wildman–Crippen MR) is 123 cm³/mol. The Balaban J connectivity index is 0.00000256. The Morgan fingerprint density at radius 3 is 2.47 bits per heavy atom. The number of anilines is 1. The molecular formula is C25H32ClFN2O. The van der Waals surface area contributed by atoms with Crippen LogP contribution >= 0.6 is 12.4 Å². The number of halogens is 2. The number of hydrogen-bond donors (Lipinski definition) is 1. The second-order valence-electron chi connectivity index (χ2n) is 8.45. The molecule has 1 aliphatic carbocycles. The molecule has 30 heavy (non-hydrogen) atoms. The highest BCUT2D eigenvalue weighted by Crippen LogP contribution is 2.38. The quantitative estimate of drug-likeness (QED) is 0.574. The fourth-order valence-corrected chi connectivity index (χ4v) is 5.38. The van der Waals surface area contributed by atoms with E-state index in [1.54, 1.807) is 12.1 Å². The number of carbonyl (C=O) groups excluding carboxylic acids is 1. The molecule has 0 radical (unpaired) electrons. The standard InChI is InChI=1S/C25H31FN2O.ClH/c1-2-23(25(29)18-12-14-19(26)15-13-18)28-17-16-22(21-10-6-7-11-24(21)28)27-20-8-4-3-5-9-20;/h3-5,8-9,12-15,21-24,27H,2,6-7,10-11,16-17H2,1H3;1H. The monoisotopic (exact) mass is 430 g/mol. The van der Waals surface area contributed by atoms with Crippen molar-refractivity contribution in [2.45, 2.75) is 63.6 Å². The summed E-state index contributed by atoms with van der Waals surface area (Å²) in [4.78, 5) is 15.7. The SMILES string of the molecule is CCC(C(=O)c1ccc(F)cc1)N1CCC(Nc2ccccc2)C2CCCCC21.Cl. The third-order valence-electron chi connectivity index (χ3n) is 6.77. The number of carbonyl (C=O) groups is 1. The van der Waals surface area contributed by atoms with E-state index in [0.29, 0.717) is 23.6 Å². The Morgan fingerprint density at radius 1 is 1.07 bits per heavy atom. The van der Waals surface area contributed by atoms with Gasteiger partial charge in [0, 0.05) is 29.9 Å². The molecule has 1 aliphatic heterocycles. The number of nitrogens with zero attached hydrogens (tertiary/aromatic N) is 1. The van der Waals surface area contributed by atoms with Gasteiger partial charge >= 0.3 is 0 Å². The number of ketones is 1. The molecule has 4 unspecified atom stereocenters. The highest BCUT2D eigenvalue weighted by Gasteiger charge is 2.43. The topological polar surface area (TPSA) is 32.3 Å². The molecular weight excluding hydrogens is 399 g/mol. The number of para-hydroxylation sites is 1. The molecule has 4 atom stereocenters. The fourth-order valence-electron chi connectivity index (χ4n) is 5.38. The van der Waals surface area contributed by atoms with E-state index in [0.717, 1.165) is 25.8 Å². The van der Waals surface area contributed by atoms with Crippen molar-refractivity contribution in [1.82, 2.24) is 4.90 Å². The zero-order chi connectivity index (χ0) is 20.2. The molecule has 0 amide bonds. The van der Waals surface area contributed by atoms with Gasteiger partial charge in [-0.2, -0.15) is 0 Å². The highest BCUT2D eigenvalue weighted by molar-refractivity contribution is 6.00. The Labute approximate surface area is 185 Å². The average molecular weight is 431 g/mol. The van der Waals surface area contributed by atoms with Gasteiger partial charge in [0.05, 0.1) is 6.04 Å². The van der Waals surface area contributed by atoms with Crippen LogP contribution in [0.15, 0.2) is 54.6 Å². The zero-order valence-electron chi connectivity index (χ0n) is 17.6. The lowest BCUT2D eigenvalue weighted by Crippen LogP contribution is -2.59. The molecule has 2 fully saturated rings. The lowest BCUT2D eigenvalue weighted by Gasteiger charge is -2.50. The van der Waals surface area contributed by atoms with Gasteiger partial charge in [-0.3, -0.25) is 9.69 Å². The van der Waals surface area contributed by atoms with E-state index >= 15 is 0 Å². The van der Waals surface area contributed by atoms with Gasteiger partial charge in [-0.25, -0.2) is 4.39 Å². The Bertz CT molecular complexity index is 814. The van der Waals surface area contributed by atoms with E-state index in [4.69, 9.17) is 0 Å². The smallest absolute Gasteiger partial charge is 0.179 e. The van der Waals surface area contributed by atoms with Crippen LogP contribution in [-0.4, -0.2) is 35.4 Å². The minimum atomic E-state index is -0.297. The van der Waals surface area contributed by atoms with Gasteiger partial charge in [0.1, 0.15) is 5.82 Å². The van der Waals surface area contributed by atoms with Crippen LogP contribution in [0, 0.1) is 11.7 Å². The largest absolute Gasteiger partial charge is 0.382 e. The molecule has 162 valence electrons. The Morgan fingerprint density at radius 2 is 1.77 bits per heavy atom. The van der Waals surface area contributed by atoms with Crippen molar-refractivity contribution < 1.29 is 9.18 Å². The summed E-state index contributed by atoms with van der Waals surface area (Å²) in [5.41, 5.74) is 1.81. The van der Waals surface area contributed by atoms with Crippen LogP contribution in [0.1, 0.15) is 55.8 Å². The molecule has 1 heterocycles. The molecule has 2 aromatic carbocycles. The van der Waals surface area contributed by atoms with Crippen molar-refractivity contribution in [3.05, 3.63) is 66.0 Å². The molecule has 5 heteroatoms. The van der Waals surface area contributed by atoms with E-state index in [-0.39, 0.29) is 30.0 Å². The van der Waals surface area contributed by atoms with Gasteiger partial charge in [0.15, 0.2) is 5.78 Å². The maximum absolute atomic E-state index is 13.3. The lowest BCUT2D eigenvalue weighted by molar-refractivity contribution is 0.0184. The first-order chi connectivity index (χ1) is 14.2. The Hall–Kier alpha value is -1.91. The van der Waals surface area contributed by atoms with E-state index in [2.05, 4.69) is 41.4 Å². The maximum Gasteiger partial charge on any atom is 0.179 e. The van der Waals surface area contributed by atoms with Crippen molar-refractivity contribution in [2.75, 3.05) is 11.9 Å². The second-order valence-corrected chi connectivity index (χ2v) is 8.45. The second kappa shape index (κ2) is 10.4. The summed E-state index contributed by atoms with van der Waals surface area (Å²) in [5, 5.41) is 3.77. The van der Waals surface area contributed by atoms with Crippen LogP contribution in [0.5, 0.6) is 0 Å². The van der Waals surface area contributed by atoms with Crippen molar-refractivity contribution >= 4 is 23.9 Å². The first kappa shape index (κ1) is 22.8. The van der Waals surface area contributed by atoms with Crippen LogP contribution < -0.4 is 5.32 Å². The number of hydrogen-bond acceptors (Lipinski definition) is 3. The van der Waals surface area contributed by atoms with Gasteiger partial charge < -0.3 is 5.32 Å². The number of rotatable bonds is 6. The van der Waals surface area contributed by atoms with Gasteiger partial charge in [-0.05, 0) is 68.0 Å². The minimum absolute atomic E-state index is 0. The first-order valence-electron chi connectivity index (χ1n) is 11.0. The number of fused-ring (bicyclic) bond motifs is 1. The molecule has 2 aromatic rings. The van der Waals surface area contributed by atoms with E-state index < -0.39 is 0 Å². The zero-order valence-corrected chi connectivity index (χ0v) is 18.4. The summed E-state index contributed by atoms with van der Waals surface area (Å²) in [6, 6.07) is 17.3. The van der Waals surface area contributed by atoms with Crippen molar-refractivity contribution in [3.63, 3.8) is 0 Å². The van der Waals surface area contributed by atoms with E-state index in [9.17, 15) is 9.18 Å². The lowest BCUT2D eigenvalue weighted by atomic mass is 9.74. The fraction of sp³-hybridized carbons (Fsp3) is 0.480. The molecule has 2 aliphatic rings. The summed E-state index contributed by atoms with van der Waals surface area (Å²) in [6.07, 6.45) is 6.71. The van der Waals surface area contributed by atoms with Gasteiger partial charge in [-0.1, -0.05) is 38.0 Å². The Kier molecular flexibility index (Phi) is 7.90. The maximum atomic E-state index is 13.3. The molecule has 0 aromatic heterocycles. The molecule has 0 bridgehead atoms. The van der Waals surface area contributed by atoms with Gasteiger partial charge in [-0.15, -0.1) is 12.4 Å². The van der Waals surface area contributed by atoms with Gasteiger partial charge in [0.2, 0.25) is 0 Å².